The molecule has 0 aliphatic rings. The van der Waals surface area contributed by atoms with Crippen molar-refractivity contribution in [1.29, 1.82) is 0 Å². The van der Waals surface area contributed by atoms with E-state index in [0.717, 1.165) is 12.0 Å². The first-order valence-electron chi connectivity index (χ1n) is 9.21. The lowest BCUT2D eigenvalue weighted by Gasteiger charge is -2.21. The summed E-state index contributed by atoms with van der Waals surface area (Å²) in [5.74, 6) is 1.25. The first kappa shape index (κ1) is 18.9. The third-order valence-electron chi connectivity index (χ3n) is 4.50. The van der Waals surface area contributed by atoms with Crippen molar-refractivity contribution in [3.05, 3.63) is 77.7 Å². The zero-order valence-electron chi connectivity index (χ0n) is 15.6. The molecule has 1 aromatic heterocycles. The van der Waals surface area contributed by atoms with E-state index in [1.165, 1.54) is 5.56 Å². The summed E-state index contributed by atoms with van der Waals surface area (Å²) >= 11 is 0. The molecule has 0 saturated carbocycles. The Morgan fingerprint density at radius 1 is 1.04 bits per heavy atom. The van der Waals surface area contributed by atoms with Crippen LogP contribution in [0, 0.1) is 6.92 Å². The van der Waals surface area contributed by atoms with Gasteiger partial charge in [0.2, 0.25) is 11.8 Å². The summed E-state index contributed by atoms with van der Waals surface area (Å²) in [7, 11) is 0. The number of nitrogens with two attached hydrogens (primary N) is 1. The van der Waals surface area contributed by atoms with E-state index >= 15 is 0 Å². The van der Waals surface area contributed by atoms with Crippen LogP contribution < -0.4 is 5.73 Å². The second-order valence-electron chi connectivity index (χ2n) is 6.47. The second kappa shape index (κ2) is 9.14. The number of amides is 1. The van der Waals surface area contributed by atoms with E-state index in [9.17, 15) is 4.79 Å². The van der Waals surface area contributed by atoms with Crippen molar-refractivity contribution in [1.82, 2.24) is 9.88 Å². The van der Waals surface area contributed by atoms with E-state index in [1.807, 2.05) is 60.4 Å². The molecule has 2 N–H and O–H groups in total. The lowest BCUT2D eigenvalue weighted by molar-refractivity contribution is -0.130. The highest BCUT2D eigenvalue weighted by atomic mass is 16.4. The minimum atomic E-state index is 0.0207. The Balaban J connectivity index is 1.67. The van der Waals surface area contributed by atoms with Gasteiger partial charge in [0.1, 0.15) is 5.76 Å². The highest BCUT2D eigenvalue weighted by molar-refractivity contribution is 5.78. The molecule has 140 valence electrons. The minimum Gasteiger partial charge on any atom is -0.441 e. The number of aromatic nitrogens is 1. The quantitative estimate of drug-likeness (QED) is 0.667. The van der Waals surface area contributed by atoms with Crippen LogP contribution in [-0.2, 0) is 17.6 Å². The van der Waals surface area contributed by atoms with Crippen LogP contribution in [0.4, 0.5) is 0 Å². The third-order valence-corrected chi connectivity index (χ3v) is 4.50. The average Bonchev–Trinajstić information content (AvgIpc) is 3.07. The molecule has 27 heavy (non-hydrogen) atoms. The average molecular weight is 363 g/mol. The van der Waals surface area contributed by atoms with Crippen LogP contribution in [0.15, 0.2) is 65.1 Å². The maximum atomic E-state index is 12.8. The number of hydrogen-bond acceptors (Lipinski definition) is 4. The zero-order chi connectivity index (χ0) is 19.1. The number of nitrogens with zero attached hydrogens (tertiary/aromatic N) is 2. The number of benzene rings is 2. The lowest BCUT2D eigenvalue weighted by Crippen LogP contribution is -2.38. The van der Waals surface area contributed by atoms with E-state index in [2.05, 4.69) is 17.1 Å². The highest BCUT2D eigenvalue weighted by Gasteiger charge is 2.19. The molecule has 3 rings (SSSR count). The monoisotopic (exact) mass is 363 g/mol. The van der Waals surface area contributed by atoms with Gasteiger partial charge in [0.15, 0.2) is 0 Å². The van der Waals surface area contributed by atoms with Gasteiger partial charge < -0.3 is 15.1 Å². The molecular weight excluding hydrogens is 338 g/mol. The molecule has 3 aromatic rings. The van der Waals surface area contributed by atoms with Crippen molar-refractivity contribution in [2.24, 2.45) is 5.73 Å². The topological polar surface area (TPSA) is 72.4 Å². The lowest BCUT2D eigenvalue weighted by atomic mass is 10.1. The van der Waals surface area contributed by atoms with Gasteiger partial charge in [0.25, 0.3) is 0 Å². The van der Waals surface area contributed by atoms with E-state index in [0.29, 0.717) is 37.0 Å². The van der Waals surface area contributed by atoms with E-state index in [1.54, 1.807) is 0 Å². The number of aryl methyl sites for hydroxylation is 1. The van der Waals surface area contributed by atoms with Crippen molar-refractivity contribution in [2.75, 3.05) is 19.6 Å². The molecule has 0 spiro atoms. The van der Waals surface area contributed by atoms with Gasteiger partial charge in [0.05, 0.1) is 12.1 Å². The van der Waals surface area contributed by atoms with Crippen LogP contribution in [0.2, 0.25) is 0 Å². The molecule has 2 aromatic carbocycles. The summed E-state index contributed by atoms with van der Waals surface area (Å²) in [6, 6.07) is 19.8. The molecule has 0 fully saturated rings. The summed E-state index contributed by atoms with van der Waals surface area (Å²) in [5, 5.41) is 0. The molecule has 0 unspecified atom stereocenters. The Labute approximate surface area is 159 Å². The SMILES string of the molecule is Cc1oc(-c2ccccc2)nc1CC(=O)N(CCN)CCc1ccccc1. The number of hydrogen-bond donors (Lipinski definition) is 1. The number of rotatable bonds is 8. The van der Waals surface area contributed by atoms with Gasteiger partial charge in [-0.3, -0.25) is 4.79 Å². The van der Waals surface area contributed by atoms with Gasteiger partial charge in [0, 0.05) is 25.2 Å². The summed E-state index contributed by atoms with van der Waals surface area (Å²) < 4.78 is 5.76. The molecular formula is C22H25N3O2. The maximum Gasteiger partial charge on any atom is 0.228 e. The zero-order valence-corrected chi connectivity index (χ0v) is 15.6. The van der Waals surface area contributed by atoms with Crippen LogP contribution >= 0.6 is 0 Å². The van der Waals surface area contributed by atoms with Gasteiger partial charge in [-0.2, -0.15) is 0 Å². The van der Waals surface area contributed by atoms with E-state index in [4.69, 9.17) is 10.2 Å². The second-order valence-corrected chi connectivity index (χ2v) is 6.47. The first-order chi connectivity index (χ1) is 13.2. The van der Waals surface area contributed by atoms with Crippen LogP contribution in [-0.4, -0.2) is 35.4 Å². The Hall–Kier alpha value is -2.92. The van der Waals surface area contributed by atoms with Crippen molar-refractivity contribution >= 4 is 5.91 Å². The van der Waals surface area contributed by atoms with Gasteiger partial charge >= 0.3 is 0 Å². The summed E-state index contributed by atoms with van der Waals surface area (Å²) in [6.45, 7) is 3.46. The summed E-state index contributed by atoms with van der Waals surface area (Å²) in [6.07, 6.45) is 1.02. The number of oxazole rings is 1. The Kier molecular flexibility index (Phi) is 6.39. The predicted molar refractivity (Wildman–Crippen MR) is 106 cm³/mol. The standard InChI is InChI=1S/C22H25N3O2/c1-17-20(24-22(27-17)19-10-6-3-7-11-19)16-21(26)25(15-13-23)14-12-18-8-4-2-5-9-18/h2-11H,12-16,23H2,1H3. The van der Waals surface area contributed by atoms with E-state index < -0.39 is 0 Å². The van der Waals surface area contributed by atoms with Gasteiger partial charge in [-0.1, -0.05) is 48.5 Å². The molecule has 5 nitrogen and oxygen atoms in total. The Morgan fingerprint density at radius 3 is 2.37 bits per heavy atom. The minimum absolute atomic E-state index is 0.0207. The van der Waals surface area contributed by atoms with Crippen molar-refractivity contribution < 1.29 is 9.21 Å². The molecule has 0 saturated heterocycles. The van der Waals surface area contributed by atoms with Crippen LogP contribution in [0.1, 0.15) is 17.0 Å². The van der Waals surface area contributed by atoms with Gasteiger partial charge in [-0.25, -0.2) is 4.98 Å². The Bertz CT molecular complexity index is 860. The molecule has 1 heterocycles. The predicted octanol–water partition coefficient (Wildman–Crippen LogP) is 3.22. The van der Waals surface area contributed by atoms with Gasteiger partial charge in [-0.05, 0) is 31.0 Å². The van der Waals surface area contributed by atoms with Crippen LogP contribution in [0.3, 0.4) is 0 Å². The largest absolute Gasteiger partial charge is 0.441 e. The van der Waals surface area contributed by atoms with Gasteiger partial charge in [-0.15, -0.1) is 0 Å². The molecule has 1 amide bonds. The molecule has 0 aliphatic heterocycles. The van der Waals surface area contributed by atoms with Crippen molar-refractivity contribution in [2.45, 2.75) is 19.8 Å². The molecule has 0 bridgehead atoms. The van der Waals surface area contributed by atoms with Crippen LogP contribution in [0.5, 0.6) is 0 Å². The van der Waals surface area contributed by atoms with Crippen molar-refractivity contribution in [3.63, 3.8) is 0 Å². The summed E-state index contributed by atoms with van der Waals surface area (Å²) in [4.78, 5) is 19.2. The Morgan fingerprint density at radius 2 is 1.70 bits per heavy atom. The normalized spacial score (nSPS) is 10.7. The van der Waals surface area contributed by atoms with Crippen LogP contribution in [0.25, 0.3) is 11.5 Å². The maximum absolute atomic E-state index is 12.8. The summed E-state index contributed by atoms with van der Waals surface area (Å²) in [5.41, 5.74) is 8.50. The first-order valence-corrected chi connectivity index (χ1v) is 9.21. The van der Waals surface area contributed by atoms with E-state index in [-0.39, 0.29) is 12.3 Å². The number of carbonyl (C=O) groups is 1. The number of carbonyl (C=O) groups excluding carboxylic acids is 1. The fourth-order valence-electron chi connectivity index (χ4n) is 2.98. The molecule has 0 aliphatic carbocycles. The van der Waals surface area contributed by atoms with Crippen molar-refractivity contribution in [3.8, 4) is 11.5 Å². The molecule has 5 heteroatoms. The molecule has 0 atom stereocenters. The highest BCUT2D eigenvalue weighted by Crippen LogP contribution is 2.22. The molecule has 0 radical (unpaired) electrons. The third kappa shape index (κ3) is 5.05. The fraction of sp³-hybridized carbons (Fsp3) is 0.273. The fourth-order valence-corrected chi connectivity index (χ4v) is 2.98. The smallest absolute Gasteiger partial charge is 0.228 e.